The number of carboxylic acid groups (broad SMARTS) is 1. The Morgan fingerprint density at radius 2 is 1.69 bits per heavy atom. The van der Waals surface area contributed by atoms with E-state index in [-0.39, 0.29) is 17.2 Å². The minimum Gasteiger partial charge on any atom is -0.497 e. The molecular formula is C22H24N2O5. The number of hydrogen-bond acceptors (Lipinski definition) is 5. The number of methoxy groups -OCH3 is 1. The Bertz CT molecular complexity index is 960. The lowest BCUT2D eigenvalue weighted by molar-refractivity contribution is -0.147. The quantitative estimate of drug-likeness (QED) is 0.771. The van der Waals surface area contributed by atoms with Crippen molar-refractivity contribution in [3.63, 3.8) is 0 Å². The summed E-state index contributed by atoms with van der Waals surface area (Å²) in [5.41, 5.74) is 0.391. The van der Waals surface area contributed by atoms with Crippen LogP contribution in [0.4, 0.5) is 0 Å². The van der Waals surface area contributed by atoms with E-state index in [9.17, 15) is 19.5 Å². The lowest BCUT2D eigenvalue weighted by Crippen LogP contribution is -2.51. The summed E-state index contributed by atoms with van der Waals surface area (Å²) in [6, 6.07) is 10.6. The number of aliphatic carboxylic acids is 1. The summed E-state index contributed by atoms with van der Waals surface area (Å²) in [5.74, 6) is -0.595. The maximum atomic E-state index is 12.1. The van der Waals surface area contributed by atoms with Gasteiger partial charge in [-0.05, 0) is 65.9 Å². The first kappa shape index (κ1) is 19.4. The fourth-order valence-electron chi connectivity index (χ4n) is 4.65. The summed E-state index contributed by atoms with van der Waals surface area (Å²) < 4.78 is 5.25. The van der Waals surface area contributed by atoms with E-state index in [1.807, 2.05) is 41.3 Å². The molecule has 7 heteroatoms. The second-order valence-electron chi connectivity index (χ2n) is 8.07. The fourth-order valence-corrected chi connectivity index (χ4v) is 4.65. The molecule has 1 unspecified atom stereocenters. The van der Waals surface area contributed by atoms with Gasteiger partial charge in [0, 0.05) is 12.8 Å². The molecule has 7 nitrogen and oxygen atoms in total. The number of carbonyl (C=O) groups excluding carboxylic acids is 2. The first-order chi connectivity index (χ1) is 13.9. The minimum atomic E-state index is -0.897. The van der Waals surface area contributed by atoms with E-state index in [2.05, 4.69) is 5.32 Å². The molecule has 2 amide bonds. The number of nitrogens with zero attached hydrogens (tertiary/aromatic N) is 1. The standard InChI is InChI=1S/C22H24N2O5/c1-29-17-5-4-14-10-16(3-2-15(14)11-17)20(21(27)28)24-8-6-22(7-9-24)12-18(25)23-19(26)13-22/h2-5,10-11,20H,6-9,12-13H2,1H3,(H,27,28)(H,23,25,26). The van der Waals surface area contributed by atoms with Gasteiger partial charge in [0.2, 0.25) is 11.8 Å². The van der Waals surface area contributed by atoms with E-state index in [0.717, 1.165) is 22.1 Å². The largest absolute Gasteiger partial charge is 0.497 e. The van der Waals surface area contributed by atoms with Gasteiger partial charge in [0.15, 0.2) is 0 Å². The zero-order valence-corrected chi connectivity index (χ0v) is 16.3. The zero-order valence-electron chi connectivity index (χ0n) is 16.3. The van der Waals surface area contributed by atoms with Gasteiger partial charge in [-0.1, -0.05) is 18.2 Å². The number of rotatable bonds is 4. The van der Waals surface area contributed by atoms with Gasteiger partial charge in [0.1, 0.15) is 11.8 Å². The maximum absolute atomic E-state index is 12.1. The van der Waals surface area contributed by atoms with Crippen molar-refractivity contribution in [1.82, 2.24) is 10.2 Å². The number of carboxylic acids is 1. The third-order valence-corrected chi connectivity index (χ3v) is 6.19. The van der Waals surface area contributed by atoms with Crippen LogP contribution in [0.25, 0.3) is 10.8 Å². The van der Waals surface area contributed by atoms with Crippen LogP contribution in [0.5, 0.6) is 5.75 Å². The summed E-state index contributed by atoms with van der Waals surface area (Å²) in [6.45, 7) is 1.08. The Hall–Kier alpha value is -2.93. The first-order valence-corrected chi connectivity index (χ1v) is 9.76. The van der Waals surface area contributed by atoms with Gasteiger partial charge in [-0.15, -0.1) is 0 Å². The van der Waals surface area contributed by atoms with Crippen LogP contribution < -0.4 is 10.1 Å². The third kappa shape index (κ3) is 3.82. The average molecular weight is 396 g/mol. The van der Waals surface area contributed by atoms with Crippen LogP contribution in [0.15, 0.2) is 36.4 Å². The molecule has 2 saturated heterocycles. The molecule has 2 N–H and O–H groups in total. The molecule has 2 aliphatic rings. The number of nitrogens with one attached hydrogen (secondary N) is 1. The van der Waals surface area contributed by atoms with E-state index in [1.165, 1.54) is 0 Å². The molecule has 152 valence electrons. The van der Waals surface area contributed by atoms with E-state index < -0.39 is 12.0 Å². The predicted molar refractivity (Wildman–Crippen MR) is 107 cm³/mol. The minimum absolute atomic E-state index is 0.227. The first-order valence-electron chi connectivity index (χ1n) is 9.76. The summed E-state index contributed by atoms with van der Waals surface area (Å²) in [6.07, 6.45) is 1.95. The van der Waals surface area contributed by atoms with Crippen molar-refractivity contribution in [3.8, 4) is 5.75 Å². The molecule has 0 aliphatic carbocycles. The Kier molecular flexibility index (Phi) is 5.00. The lowest BCUT2D eigenvalue weighted by Gasteiger charge is -2.44. The summed E-state index contributed by atoms with van der Waals surface area (Å²) in [5, 5.41) is 14.2. The molecule has 29 heavy (non-hydrogen) atoms. The van der Waals surface area contributed by atoms with Gasteiger partial charge >= 0.3 is 5.97 Å². The molecule has 0 saturated carbocycles. The third-order valence-electron chi connectivity index (χ3n) is 6.19. The van der Waals surface area contributed by atoms with Crippen LogP contribution in [0.2, 0.25) is 0 Å². The molecule has 0 radical (unpaired) electrons. The molecule has 2 aromatic rings. The van der Waals surface area contributed by atoms with Crippen LogP contribution in [-0.2, 0) is 14.4 Å². The molecule has 0 bridgehead atoms. The van der Waals surface area contributed by atoms with E-state index in [4.69, 9.17) is 4.74 Å². The Balaban J connectivity index is 1.56. The van der Waals surface area contributed by atoms with Crippen molar-refractivity contribution in [3.05, 3.63) is 42.0 Å². The van der Waals surface area contributed by atoms with Crippen molar-refractivity contribution in [2.75, 3.05) is 20.2 Å². The molecule has 2 aromatic carbocycles. The summed E-state index contributed by atoms with van der Waals surface area (Å²) in [7, 11) is 1.61. The van der Waals surface area contributed by atoms with Crippen LogP contribution in [-0.4, -0.2) is 48.0 Å². The van der Waals surface area contributed by atoms with Crippen molar-refractivity contribution >= 4 is 28.6 Å². The average Bonchev–Trinajstić information content (AvgIpc) is 2.68. The van der Waals surface area contributed by atoms with Gasteiger partial charge in [0.25, 0.3) is 0 Å². The monoisotopic (exact) mass is 396 g/mol. The van der Waals surface area contributed by atoms with E-state index >= 15 is 0 Å². The zero-order chi connectivity index (χ0) is 20.6. The van der Waals surface area contributed by atoms with Crippen molar-refractivity contribution in [2.24, 2.45) is 5.41 Å². The number of amides is 2. The number of imide groups is 1. The molecule has 0 aromatic heterocycles. The second kappa shape index (κ2) is 7.48. The van der Waals surface area contributed by atoms with Crippen LogP contribution in [0, 0.1) is 5.41 Å². The number of likely N-dealkylation sites (tertiary alicyclic amines) is 1. The number of piperidine rings is 2. The van der Waals surface area contributed by atoms with Gasteiger partial charge in [-0.3, -0.25) is 24.6 Å². The fraction of sp³-hybridized carbons (Fsp3) is 0.409. The maximum Gasteiger partial charge on any atom is 0.325 e. The smallest absolute Gasteiger partial charge is 0.325 e. The van der Waals surface area contributed by atoms with Gasteiger partial charge in [0.05, 0.1) is 7.11 Å². The molecule has 4 rings (SSSR count). The van der Waals surface area contributed by atoms with E-state index in [0.29, 0.717) is 38.8 Å². The van der Waals surface area contributed by atoms with E-state index in [1.54, 1.807) is 7.11 Å². The predicted octanol–water partition coefficient (Wildman–Crippen LogP) is 2.49. The highest BCUT2D eigenvalue weighted by Crippen LogP contribution is 2.42. The summed E-state index contributed by atoms with van der Waals surface area (Å²) in [4.78, 5) is 37.7. The number of carbonyl (C=O) groups is 3. The Morgan fingerprint density at radius 1 is 1.07 bits per heavy atom. The Labute approximate surface area is 168 Å². The topological polar surface area (TPSA) is 95.9 Å². The molecular weight excluding hydrogens is 372 g/mol. The van der Waals surface area contributed by atoms with Crippen molar-refractivity contribution in [2.45, 2.75) is 31.7 Å². The van der Waals surface area contributed by atoms with Crippen molar-refractivity contribution in [1.29, 1.82) is 0 Å². The molecule has 1 spiro atoms. The molecule has 2 aliphatic heterocycles. The van der Waals surface area contributed by atoms with Crippen molar-refractivity contribution < 1.29 is 24.2 Å². The summed E-state index contributed by atoms with van der Waals surface area (Å²) >= 11 is 0. The SMILES string of the molecule is COc1ccc2cc(C(C(=O)O)N3CCC4(CC3)CC(=O)NC(=O)C4)ccc2c1. The van der Waals surface area contributed by atoms with Crippen LogP contribution in [0.1, 0.15) is 37.3 Å². The highest BCUT2D eigenvalue weighted by Gasteiger charge is 2.43. The lowest BCUT2D eigenvalue weighted by atomic mass is 9.71. The van der Waals surface area contributed by atoms with Gasteiger partial charge in [-0.25, -0.2) is 0 Å². The molecule has 2 heterocycles. The Morgan fingerprint density at radius 3 is 2.31 bits per heavy atom. The highest BCUT2D eigenvalue weighted by atomic mass is 16.5. The van der Waals surface area contributed by atoms with Gasteiger partial charge < -0.3 is 9.84 Å². The number of benzene rings is 2. The number of fused-ring (bicyclic) bond motifs is 1. The number of ether oxygens (including phenoxy) is 1. The normalized spacial score (nSPS) is 20.4. The van der Waals surface area contributed by atoms with Gasteiger partial charge in [-0.2, -0.15) is 0 Å². The highest BCUT2D eigenvalue weighted by molar-refractivity contribution is 5.98. The number of hydrogen-bond donors (Lipinski definition) is 2. The molecule has 1 atom stereocenters. The molecule has 2 fully saturated rings. The van der Waals surface area contributed by atoms with Crippen LogP contribution in [0.3, 0.4) is 0 Å². The van der Waals surface area contributed by atoms with Crippen LogP contribution >= 0.6 is 0 Å². The second-order valence-corrected chi connectivity index (χ2v) is 8.07.